The molecule has 6 nitrogen and oxygen atoms in total. The van der Waals surface area contributed by atoms with Crippen LogP contribution < -0.4 is 5.56 Å². The van der Waals surface area contributed by atoms with Crippen molar-refractivity contribution >= 4 is 21.6 Å². The minimum Gasteiger partial charge on any atom is -0.375 e. The van der Waals surface area contributed by atoms with Gasteiger partial charge in [-0.25, -0.2) is 8.42 Å². The maximum atomic E-state index is 12.4. The zero-order chi connectivity index (χ0) is 14.0. The van der Waals surface area contributed by atoms with Crippen LogP contribution in [0.15, 0.2) is 22.0 Å². The summed E-state index contributed by atoms with van der Waals surface area (Å²) in [6.07, 6.45) is 1.82. The van der Waals surface area contributed by atoms with Crippen molar-refractivity contribution in [2.45, 2.75) is 24.3 Å². The Hall–Kier alpha value is -0.890. The van der Waals surface area contributed by atoms with Crippen LogP contribution in [0.3, 0.4) is 0 Å². The zero-order valence-corrected chi connectivity index (χ0v) is 12.0. The summed E-state index contributed by atoms with van der Waals surface area (Å²) in [5.41, 5.74) is -0.506. The summed E-state index contributed by atoms with van der Waals surface area (Å²) in [6.45, 7) is 2.93. The van der Waals surface area contributed by atoms with Gasteiger partial charge in [0, 0.05) is 19.3 Å². The summed E-state index contributed by atoms with van der Waals surface area (Å²) in [6, 6.07) is 1.17. The lowest BCUT2D eigenvalue weighted by Gasteiger charge is -2.31. The highest BCUT2D eigenvalue weighted by Gasteiger charge is 2.30. The monoisotopic (exact) mass is 306 g/mol. The van der Waals surface area contributed by atoms with Gasteiger partial charge < -0.3 is 9.72 Å². The normalized spacial score (nSPS) is 21.5. The summed E-state index contributed by atoms with van der Waals surface area (Å²) in [4.78, 5) is 13.5. The molecule has 106 valence electrons. The van der Waals surface area contributed by atoms with Crippen molar-refractivity contribution in [3.63, 3.8) is 0 Å². The Balaban J connectivity index is 2.31. The van der Waals surface area contributed by atoms with E-state index in [2.05, 4.69) is 4.98 Å². The average Bonchev–Trinajstić information content (AvgIpc) is 2.41. The first-order valence-electron chi connectivity index (χ1n) is 5.95. The van der Waals surface area contributed by atoms with Crippen LogP contribution >= 0.6 is 11.6 Å². The molecule has 8 heteroatoms. The minimum absolute atomic E-state index is 0.00569. The first kappa shape index (κ1) is 14.5. The van der Waals surface area contributed by atoms with Gasteiger partial charge in [-0.2, -0.15) is 4.31 Å². The van der Waals surface area contributed by atoms with Crippen molar-refractivity contribution in [2.24, 2.45) is 0 Å². The van der Waals surface area contributed by atoms with Gasteiger partial charge in [-0.05, 0) is 12.5 Å². The number of H-pyrrole nitrogens is 1. The van der Waals surface area contributed by atoms with E-state index in [1.54, 1.807) is 0 Å². The Kier molecular flexibility index (Phi) is 4.29. The molecule has 1 N–H and O–H groups in total. The number of aromatic amines is 1. The lowest BCUT2D eigenvalue weighted by molar-refractivity contribution is -0.00278. The number of halogens is 1. The van der Waals surface area contributed by atoms with E-state index in [1.165, 1.54) is 16.6 Å². The SMILES string of the molecule is CCC1CN(S(=O)(=O)c2c[nH]c(=O)c(Cl)c2)CCO1. The van der Waals surface area contributed by atoms with E-state index >= 15 is 0 Å². The summed E-state index contributed by atoms with van der Waals surface area (Å²) >= 11 is 5.66. The van der Waals surface area contributed by atoms with Gasteiger partial charge in [0.15, 0.2) is 0 Å². The molecule has 0 aliphatic carbocycles. The molecule has 0 radical (unpaired) electrons. The molecular formula is C11H15ClN2O4S. The third-order valence-electron chi connectivity index (χ3n) is 3.03. The zero-order valence-electron chi connectivity index (χ0n) is 10.4. The second-order valence-electron chi connectivity index (χ2n) is 4.28. The Morgan fingerprint density at radius 3 is 2.95 bits per heavy atom. The van der Waals surface area contributed by atoms with Gasteiger partial charge in [-0.15, -0.1) is 0 Å². The van der Waals surface area contributed by atoms with E-state index in [1.807, 2.05) is 6.92 Å². The lowest BCUT2D eigenvalue weighted by Crippen LogP contribution is -2.45. The van der Waals surface area contributed by atoms with Crippen molar-refractivity contribution in [3.8, 4) is 0 Å². The fourth-order valence-corrected chi connectivity index (χ4v) is 3.58. The molecule has 1 unspecified atom stereocenters. The molecule has 1 saturated heterocycles. The van der Waals surface area contributed by atoms with Crippen molar-refractivity contribution in [1.82, 2.24) is 9.29 Å². The smallest absolute Gasteiger partial charge is 0.266 e. The number of nitrogens with one attached hydrogen (secondary N) is 1. The standard InChI is InChI=1S/C11H15ClN2O4S/c1-2-8-7-14(3-4-18-8)19(16,17)9-5-10(12)11(15)13-6-9/h5-6,8H,2-4,7H2,1H3,(H,13,15). The second kappa shape index (κ2) is 5.62. The van der Waals surface area contributed by atoms with Gasteiger partial charge in [0.25, 0.3) is 5.56 Å². The van der Waals surface area contributed by atoms with Gasteiger partial charge in [0.05, 0.1) is 17.6 Å². The molecule has 1 fully saturated rings. The fraction of sp³-hybridized carbons (Fsp3) is 0.545. The van der Waals surface area contributed by atoms with Crippen molar-refractivity contribution in [2.75, 3.05) is 19.7 Å². The number of rotatable bonds is 3. The molecule has 2 heterocycles. The maximum absolute atomic E-state index is 12.4. The number of pyridine rings is 1. The van der Waals surface area contributed by atoms with Gasteiger partial charge in [-0.1, -0.05) is 18.5 Å². The molecule has 19 heavy (non-hydrogen) atoms. The Morgan fingerprint density at radius 2 is 2.32 bits per heavy atom. The summed E-state index contributed by atoms with van der Waals surface area (Å²) in [5, 5.41) is -0.138. The summed E-state index contributed by atoms with van der Waals surface area (Å²) < 4.78 is 31.6. The molecular weight excluding hydrogens is 292 g/mol. The summed E-state index contributed by atoms with van der Waals surface area (Å²) in [5.74, 6) is 0. The largest absolute Gasteiger partial charge is 0.375 e. The molecule has 2 rings (SSSR count). The highest BCUT2D eigenvalue weighted by atomic mass is 35.5. The van der Waals surface area contributed by atoms with Crippen molar-refractivity contribution in [3.05, 3.63) is 27.6 Å². The molecule has 1 aliphatic rings. The fourth-order valence-electron chi connectivity index (χ4n) is 1.89. The predicted octanol–water partition coefficient (Wildman–Crippen LogP) is 0.828. The minimum atomic E-state index is -3.65. The highest BCUT2D eigenvalue weighted by molar-refractivity contribution is 7.89. The molecule has 0 bridgehead atoms. The van der Waals surface area contributed by atoms with E-state index < -0.39 is 15.6 Å². The van der Waals surface area contributed by atoms with Crippen LogP contribution in [0.2, 0.25) is 5.02 Å². The van der Waals surface area contributed by atoms with Crippen LogP contribution in [0.25, 0.3) is 0 Å². The number of hydrogen-bond acceptors (Lipinski definition) is 4. The van der Waals surface area contributed by atoms with E-state index in [9.17, 15) is 13.2 Å². The van der Waals surface area contributed by atoms with Crippen LogP contribution in [0.1, 0.15) is 13.3 Å². The van der Waals surface area contributed by atoms with Crippen LogP contribution in [0.5, 0.6) is 0 Å². The van der Waals surface area contributed by atoms with E-state index in [-0.39, 0.29) is 16.0 Å². The highest BCUT2D eigenvalue weighted by Crippen LogP contribution is 2.20. The first-order chi connectivity index (χ1) is 8.95. The van der Waals surface area contributed by atoms with Crippen LogP contribution in [-0.2, 0) is 14.8 Å². The predicted molar refractivity (Wildman–Crippen MR) is 70.9 cm³/mol. The third kappa shape index (κ3) is 3.00. The number of aromatic nitrogens is 1. The van der Waals surface area contributed by atoms with E-state index in [0.29, 0.717) is 19.7 Å². The topological polar surface area (TPSA) is 79.5 Å². The molecule has 1 aliphatic heterocycles. The van der Waals surface area contributed by atoms with Crippen LogP contribution in [0.4, 0.5) is 0 Å². The number of sulfonamides is 1. The van der Waals surface area contributed by atoms with Gasteiger partial charge >= 0.3 is 0 Å². The van der Waals surface area contributed by atoms with E-state index in [0.717, 1.165) is 6.42 Å². The van der Waals surface area contributed by atoms with Crippen LogP contribution in [0, 0.1) is 0 Å². The molecule has 1 aromatic rings. The maximum Gasteiger partial charge on any atom is 0.266 e. The Bertz CT molecular complexity index is 613. The number of nitrogens with zero attached hydrogens (tertiary/aromatic N) is 1. The third-order valence-corrected chi connectivity index (χ3v) is 5.15. The quantitative estimate of drug-likeness (QED) is 0.897. The van der Waals surface area contributed by atoms with Gasteiger partial charge in [0.1, 0.15) is 5.02 Å². The molecule has 0 saturated carbocycles. The first-order valence-corrected chi connectivity index (χ1v) is 7.77. The molecule has 0 amide bonds. The molecule has 0 aromatic carbocycles. The van der Waals surface area contributed by atoms with Crippen LogP contribution in [-0.4, -0.2) is 43.5 Å². The lowest BCUT2D eigenvalue weighted by atomic mass is 10.2. The number of morpholine rings is 1. The molecule has 1 aromatic heterocycles. The van der Waals surface area contributed by atoms with Crippen molar-refractivity contribution < 1.29 is 13.2 Å². The van der Waals surface area contributed by atoms with E-state index in [4.69, 9.17) is 16.3 Å². The summed E-state index contributed by atoms with van der Waals surface area (Å²) in [7, 11) is -3.65. The van der Waals surface area contributed by atoms with Gasteiger partial charge in [-0.3, -0.25) is 4.79 Å². The Labute approximate surface area is 116 Å². The Morgan fingerprint density at radius 1 is 1.58 bits per heavy atom. The van der Waals surface area contributed by atoms with Gasteiger partial charge in [0.2, 0.25) is 10.0 Å². The average molecular weight is 307 g/mol. The number of hydrogen-bond donors (Lipinski definition) is 1. The molecule has 0 spiro atoms. The molecule has 1 atom stereocenters. The van der Waals surface area contributed by atoms with Crippen molar-refractivity contribution in [1.29, 1.82) is 0 Å². The second-order valence-corrected chi connectivity index (χ2v) is 6.62. The number of ether oxygens (including phenoxy) is 1.